The molecule has 2 nitrogen and oxygen atoms in total. The van der Waals surface area contributed by atoms with Crippen molar-refractivity contribution in [2.24, 2.45) is 0 Å². The molecule has 1 aliphatic carbocycles. The van der Waals surface area contributed by atoms with Gasteiger partial charge in [-0.3, -0.25) is 0 Å². The third-order valence-electron chi connectivity index (χ3n) is 2.02. The molecule has 0 aliphatic heterocycles. The van der Waals surface area contributed by atoms with Crippen molar-refractivity contribution in [2.75, 3.05) is 20.2 Å². The van der Waals surface area contributed by atoms with Gasteiger partial charge in [-0.2, -0.15) is 0 Å². The Labute approximate surface area is 74.3 Å². The lowest BCUT2D eigenvalue weighted by Crippen LogP contribution is -2.18. The van der Waals surface area contributed by atoms with E-state index in [4.69, 9.17) is 4.74 Å². The van der Waals surface area contributed by atoms with Crippen molar-refractivity contribution in [3.05, 3.63) is 23.8 Å². The average molecular weight is 167 g/mol. The van der Waals surface area contributed by atoms with Crippen LogP contribution in [0.3, 0.4) is 0 Å². The number of methoxy groups -OCH3 is 1. The van der Waals surface area contributed by atoms with Gasteiger partial charge in [0.1, 0.15) is 0 Å². The summed E-state index contributed by atoms with van der Waals surface area (Å²) in [4.78, 5) is 0. The fourth-order valence-electron chi connectivity index (χ4n) is 1.22. The van der Waals surface area contributed by atoms with Gasteiger partial charge in [0.05, 0.1) is 6.10 Å². The predicted molar refractivity (Wildman–Crippen MR) is 51.2 cm³/mol. The van der Waals surface area contributed by atoms with Gasteiger partial charge in [0.25, 0.3) is 0 Å². The SMILES string of the molecule is CCNCC1=CCC(OC)C=C1. The van der Waals surface area contributed by atoms with Gasteiger partial charge in [0.2, 0.25) is 0 Å². The van der Waals surface area contributed by atoms with E-state index in [0.717, 1.165) is 19.5 Å². The van der Waals surface area contributed by atoms with E-state index in [1.54, 1.807) is 7.11 Å². The maximum atomic E-state index is 5.19. The summed E-state index contributed by atoms with van der Waals surface area (Å²) >= 11 is 0. The maximum Gasteiger partial charge on any atom is 0.0789 e. The zero-order valence-electron chi connectivity index (χ0n) is 7.84. The van der Waals surface area contributed by atoms with Crippen molar-refractivity contribution in [3.8, 4) is 0 Å². The van der Waals surface area contributed by atoms with E-state index in [9.17, 15) is 0 Å². The van der Waals surface area contributed by atoms with Gasteiger partial charge in [0, 0.05) is 13.7 Å². The van der Waals surface area contributed by atoms with Crippen molar-refractivity contribution >= 4 is 0 Å². The molecular formula is C10H17NO. The molecular weight excluding hydrogens is 150 g/mol. The molecule has 1 unspecified atom stereocenters. The molecule has 68 valence electrons. The molecule has 2 heteroatoms. The van der Waals surface area contributed by atoms with Crippen molar-refractivity contribution in [2.45, 2.75) is 19.4 Å². The summed E-state index contributed by atoms with van der Waals surface area (Å²) in [6, 6.07) is 0. The van der Waals surface area contributed by atoms with Crippen LogP contribution in [0.4, 0.5) is 0 Å². The second-order valence-electron chi connectivity index (χ2n) is 2.93. The Morgan fingerprint density at radius 3 is 3.00 bits per heavy atom. The Hall–Kier alpha value is -0.600. The van der Waals surface area contributed by atoms with E-state index >= 15 is 0 Å². The summed E-state index contributed by atoms with van der Waals surface area (Å²) in [6.07, 6.45) is 7.78. The van der Waals surface area contributed by atoms with E-state index in [1.807, 2.05) is 0 Å². The van der Waals surface area contributed by atoms with Crippen molar-refractivity contribution < 1.29 is 4.74 Å². The van der Waals surface area contributed by atoms with Crippen LogP contribution in [0, 0.1) is 0 Å². The van der Waals surface area contributed by atoms with Crippen LogP contribution < -0.4 is 5.32 Å². The molecule has 0 aromatic carbocycles. The molecule has 0 heterocycles. The highest BCUT2D eigenvalue weighted by atomic mass is 16.5. The maximum absolute atomic E-state index is 5.19. The summed E-state index contributed by atoms with van der Waals surface area (Å²) in [5, 5.41) is 3.29. The molecule has 1 N–H and O–H groups in total. The monoisotopic (exact) mass is 167 g/mol. The van der Waals surface area contributed by atoms with Crippen molar-refractivity contribution in [1.29, 1.82) is 0 Å². The second kappa shape index (κ2) is 5.12. The molecule has 0 fully saturated rings. The molecule has 0 saturated carbocycles. The van der Waals surface area contributed by atoms with Gasteiger partial charge in [-0.25, -0.2) is 0 Å². The topological polar surface area (TPSA) is 21.3 Å². The Kier molecular flexibility index (Phi) is 4.05. The molecule has 1 atom stereocenters. The zero-order chi connectivity index (χ0) is 8.81. The minimum Gasteiger partial charge on any atom is -0.377 e. The Balaban J connectivity index is 2.31. The highest BCUT2D eigenvalue weighted by Crippen LogP contribution is 2.11. The number of ether oxygens (including phenoxy) is 1. The lowest BCUT2D eigenvalue weighted by atomic mass is 10.1. The van der Waals surface area contributed by atoms with E-state index in [1.165, 1.54) is 5.57 Å². The lowest BCUT2D eigenvalue weighted by molar-refractivity contribution is 0.142. The summed E-state index contributed by atoms with van der Waals surface area (Å²) in [6.45, 7) is 4.12. The first kappa shape index (κ1) is 9.49. The molecule has 12 heavy (non-hydrogen) atoms. The van der Waals surface area contributed by atoms with Gasteiger partial charge in [-0.1, -0.05) is 25.2 Å². The van der Waals surface area contributed by atoms with Gasteiger partial charge < -0.3 is 10.1 Å². The fraction of sp³-hybridized carbons (Fsp3) is 0.600. The van der Waals surface area contributed by atoms with E-state index < -0.39 is 0 Å². The van der Waals surface area contributed by atoms with Crippen LogP contribution in [-0.4, -0.2) is 26.3 Å². The highest BCUT2D eigenvalue weighted by Gasteiger charge is 2.05. The molecule has 0 spiro atoms. The zero-order valence-corrected chi connectivity index (χ0v) is 7.84. The van der Waals surface area contributed by atoms with Gasteiger partial charge in [-0.15, -0.1) is 0 Å². The molecule has 1 aliphatic rings. The molecule has 0 aromatic rings. The predicted octanol–water partition coefficient (Wildman–Crippen LogP) is 1.50. The smallest absolute Gasteiger partial charge is 0.0789 e. The van der Waals surface area contributed by atoms with E-state index in [0.29, 0.717) is 0 Å². The number of nitrogens with one attached hydrogen (secondary N) is 1. The van der Waals surface area contributed by atoms with Crippen LogP contribution in [0.2, 0.25) is 0 Å². The van der Waals surface area contributed by atoms with Crippen LogP contribution in [0.25, 0.3) is 0 Å². The number of rotatable bonds is 4. The Bertz CT molecular complexity index is 184. The summed E-state index contributed by atoms with van der Waals surface area (Å²) in [5.74, 6) is 0. The molecule has 0 amide bonds. The molecule has 0 bridgehead atoms. The van der Waals surface area contributed by atoms with E-state index in [2.05, 4.69) is 30.5 Å². The molecule has 0 aromatic heterocycles. The van der Waals surface area contributed by atoms with Crippen molar-refractivity contribution in [3.63, 3.8) is 0 Å². The average Bonchev–Trinajstić information content (AvgIpc) is 2.15. The minimum atomic E-state index is 0.287. The third kappa shape index (κ3) is 2.80. The summed E-state index contributed by atoms with van der Waals surface area (Å²) in [5.41, 5.74) is 1.37. The van der Waals surface area contributed by atoms with Crippen LogP contribution in [0.5, 0.6) is 0 Å². The first-order valence-electron chi connectivity index (χ1n) is 4.47. The first-order chi connectivity index (χ1) is 5.86. The summed E-state index contributed by atoms with van der Waals surface area (Å²) in [7, 11) is 1.75. The highest BCUT2D eigenvalue weighted by molar-refractivity contribution is 5.25. The van der Waals surface area contributed by atoms with Gasteiger partial charge in [0.15, 0.2) is 0 Å². The van der Waals surface area contributed by atoms with Crippen LogP contribution in [-0.2, 0) is 4.74 Å². The van der Waals surface area contributed by atoms with Gasteiger partial charge >= 0.3 is 0 Å². The third-order valence-corrected chi connectivity index (χ3v) is 2.02. The number of hydrogen-bond acceptors (Lipinski definition) is 2. The molecule has 0 saturated heterocycles. The standard InChI is InChI=1S/C10H17NO/c1-3-11-8-9-4-6-10(12-2)7-5-9/h4-6,10-11H,3,7-8H2,1-2H3. The Morgan fingerprint density at radius 2 is 2.50 bits per heavy atom. The lowest BCUT2D eigenvalue weighted by Gasteiger charge is -2.14. The first-order valence-corrected chi connectivity index (χ1v) is 4.47. The van der Waals surface area contributed by atoms with E-state index in [-0.39, 0.29) is 6.10 Å². The fourth-order valence-corrected chi connectivity index (χ4v) is 1.22. The second-order valence-corrected chi connectivity index (χ2v) is 2.93. The Morgan fingerprint density at radius 1 is 1.67 bits per heavy atom. The van der Waals surface area contributed by atoms with Crippen molar-refractivity contribution in [1.82, 2.24) is 5.32 Å². The largest absolute Gasteiger partial charge is 0.377 e. The van der Waals surface area contributed by atoms with Crippen LogP contribution in [0.15, 0.2) is 23.8 Å². The molecule has 0 radical (unpaired) electrons. The van der Waals surface area contributed by atoms with Gasteiger partial charge in [-0.05, 0) is 18.5 Å². The summed E-state index contributed by atoms with van der Waals surface area (Å²) < 4.78 is 5.19. The van der Waals surface area contributed by atoms with Crippen LogP contribution >= 0.6 is 0 Å². The normalized spacial score (nSPS) is 22.5. The quantitative estimate of drug-likeness (QED) is 0.685. The number of likely N-dealkylation sites (N-methyl/N-ethyl adjacent to an activating group) is 1. The number of hydrogen-bond donors (Lipinski definition) is 1. The van der Waals surface area contributed by atoms with Crippen LogP contribution in [0.1, 0.15) is 13.3 Å². The minimum absolute atomic E-state index is 0.287. The molecule has 1 rings (SSSR count).